The van der Waals surface area contributed by atoms with E-state index in [9.17, 15) is 29.0 Å². The van der Waals surface area contributed by atoms with Gasteiger partial charge in [0.1, 0.15) is 23.7 Å². The molecule has 11 nitrogen and oxygen atoms in total. The lowest BCUT2D eigenvalue weighted by Gasteiger charge is -2.72. The number of aliphatic hydroxyl groups excluding tert-OH is 1. The van der Waals surface area contributed by atoms with Crippen LogP contribution in [0.5, 0.6) is 0 Å². The van der Waals surface area contributed by atoms with Gasteiger partial charge in [0.25, 0.3) is 0 Å². The minimum atomic E-state index is -1.19. The number of pyridine rings is 1. The summed E-state index contributed by atoms with van der Waals surface area (Å²) in [6, 6.07) is 2.92. The number of carboxylic acids is 1. The monoisotopic (exact) mass is 803 g/mol. The number of nitrogens with one attached hydrogen (secondary N) is 1. The lowest BCUT2D eigenvalue weighted by molar-refractivity contribution is -0.235. The zero-order valence-electron chi connectivity index (χ0n) is 36.4. The van der Waals surface area contributed by atoms with E-state index in [2.05, 4.69) is 69.0 Å². The van der Waals surface area contributed by atoms with E-state index in [4.69, 9.17) is 4.74 Å². The number of aliphatic carboxylic acids is 1. The van der Waals surface area contributed by atoms with Crippen molar-refractivity contribution in [1.82, 2.24) is 25.1 Å². The largest absolute Gasteiger partial charge is 0.481 e. The smallest absolute Gasteiger partial charge is 0.309 e. The number of ketones is 1. The third-order valence-corrected chi connectivity index (χ3v) is 17.0. The van der Waals surface area contributed by atoms with Gasteiger partial charge < -0.3 is 24.8 Å². The van der Waals surface area contributed by atoms with E-state index in [1.807, 2.05) is 11.6 Å². The van der Waals surface area contributed by atoms with E-state index < -0.39 is 34.7 Å². The van der Waals surface area contributed by atoms with Gasteiger partial charge in [-0.15, -0.1) is 10.2 Å². The van der Waals surface area contributed by atoms with E-state index >= 15 is 0 Å². The quantitative estimate of drug-likeness (QED) is 0.190. The van der Waals surface area contributed by atoms with Crippen LogP contribution in [0.1, 0.15) is 138 Å². The van der Waals surface area contributed by atoms with Crippen LogP contribution < -0.4 is 5.32 Å². The van der Waals surface area contributed by atoms with Crippen LogP contribution in [0.4, 0.5) is 4.39 Å². The summed E-state index contributed by atoms with van der Waals surface area (Å²) in [5.41, 5.74) is 0.00811. The van der Waals surface area contributed by atoms with E-state index in [1.54, 1.807) is 19.9 Å². The lowest BCUT2D eigenvalue weighted by atomic mass is 9.33. The van der Waals surface area contributed by atoms with E-state index in [-0.39, 0.29) is 58.2 Å². The average Bonchev–Trinajstić information content (AvgIpc) is 3.70. The van der Waals surface area contributed by atoms with Gasteiger partial charge in [-0.25, -0.2) is 9.37 Å². The van der Waals surface area contributed by atoms with Gasteiger partial charge in [0.15, 0.2) is 17.4 Å². The minimum absolute atomic E-state index is 0.00120. The second-order valence-electron chi connectivity index (χ2n) is 21.0. The molecule has 0 aromatic carbocycles. The van der Waals surface area contributed by atoms with Crippen molar-refractivity contribution < 1.29 is 33.7 Å². The zero-order valence-corrected chi connectivity index (χ0v) is 36.4. The molecule has 0 bridgehead atoms. The molecule has 0 radical (unpaired) electrons. The van der Waals surface area contributed by atoms with Crippen molar-refractivity contribution in [2.75, 3.05) is 13.6 Å². The number of aliphatic hydroxyl groups is 1. The molecule has 5 aliphatic rings. The number of Topliss-reactive ketones (excluding diaryl/α,β-unsaturated/α-hetero) is 1. The molecule has 4 saturated carbocycles. The van der Waals surface area contributed by atoms with Crippen LogP contribution in [0.2, 0.25) is 0 Å². The lowest BCUT2D eigenvalue weighted by Crippen LogP contribution is -2.66. The van der Waals surface area contributed by atoms with Gasteiger partial charge in [-0.2, -0.15) is 0 Å². The van der Waals surface area contributed by atoms with Gasteiger partial charge >= 0.3 is 11.9 Å². The first-order valence-corrected chi connectivity index (χ1v) is 21.7. The fourth-order valence-corrected chi connectivity index (χ4v) is 13.7. The SMILES string of the molecule is CNCCn1c(-c2ccc(F)cn2)nnc1[C@@H](O)[C@@]12CC[C@]3(C)[C@H](CC[C@@H]4[C@@]5(C)CC[C@H](OC(=O)CC(C)(C)C(=O)O)C(C)(C)[C@@H]5CC[C@]43C)C1=C(C(C)C)C(=O)C2. The molecule has 318 valence electrons. The van der Waals surface area contributed by atoms with Crippen molar-refractivity contribution in [2.45, 2.75) is 145 Å². The van der Waals surface area contributed by atoms with E-state index in [1.165, 1.54) is 6.07 Å². The zero-order chi connectivity index (χ0) is 42.4. The second kappa shape index (κ2) is 14.6. The first-order chi connectivity index (χ1) is 27.1. The number of aromatic nitrogens is 4. The highest BCUT2D eigenvalue weighted by Gasteiger charge is 2.71. The highest BCUT2D eigenvalue weighted by molar-refractivity contribution is 6.00. The fraction of sp³-hybridized carbons (Fsp3) is 0.739. The molecule has 0 unspecified atom stereocenters. The van der Waals surface area contributed by atoms with Crippen molar-refractivity contribution in [1.29, 1.82) is 0 Å². The van der Waals surface area contributed by atoms with Gasteiger partial charge in [0.05, 0.1) is 18.0 Å². The molecule has 0 amide bonds. The summed E-state index contributed by atoms with van der Waals surface area (Å²) in [5.74, 6) is -0.0803. The number of esters is 1. The normalized spacial score (nSPS) is 34.9. The summed E-state index contributed by atoms with van der Waals surface area (Å²) in [7, 11) is 1.86. The Morgan fingerprint density at radius 2 is 1.72 bits per heavy atom. The Hall–Kier alpha value is -3.51. The van der Waals surface area contributed by atoms with E-state index in [0.717, 1.165) is 62.3 Å². The number of carbonyl (C=O) groups excluding carboxylic acids is 2. The summed E-state index contributed by atoms with van der Waals surface area (Å²) >= 11 is 0. The molecule has 5 aliphatic carbocycles. The van der Waals surface area contributed by atoms with Gasteiger partial charge in [0.2, 0.25) is 0 Å². The van der Waals surface area contributed by atoms with Crippen molar-refractivity contribution in [3.8, 4) is 11.5 Å². The number of hydrogen-bond donors (Lipinski definition) is 3. The molecule has 4 fully saturated rings. The summed E-state index contributed by atoms with van der Waals surface area (Å²) in [6.45, 7) is 20.4. The summed E-state index contributed by atoms with van der Waals surface area (Å²) < 4.78 is 22.0. The Bertz CT molecular complexity index is 1990. The number of carbonyl (C=O) groups is 3. The van der Waals surface area contributed by atoms with Crippen LogP contribution in [0.3, 0.4) is 0 Å². The molecule has 58 heavy (non-hydrogen) atoms. The molecule has 2 aromatic rings. The predicted molar refractivity (Wildman–Crippen MR) is 217 cm³/mol. The summed E-state index contributed by atoms with van der Waals surface area (Å²) in [5, 5.41) is 34.8. The standard InChI is InChI=1S/C46H66FN5O6/c1-26(2)35-30(53)23-46(37(55)39-51-50-38(52(39)22-21-48-10)29-13-11-27(47)25-49-29)20-19-44(8)28(36(35)46)12-14-32-43(7)17-16-33(58-34(54)24-41(3,4)40(56)57)42(5,6)31(43)15-18-45(32,44)9/h11,13,25-26,28,31-33,37,48,55H,12,14-24H2,1-10H3,(H,56,57)/t28-,31+,32-,33+,37-,43+,44-,45-,46-/m1/s1. The third-order valence-electron chi connectivity index (χ3n) is 17.0. The molecule has 0 spiro atoms. The van der Waals surface area contributed by atoms with Crippen molar-refractivity contribution in [2.24, 2.45) is 56.2 Å². The molecule has 7 rings (SSSR count). The minimum Gasteiger partial charge on any atom is -0.481 e. The maximum atomic E-state index is 14.4. The Labute approximate surface area is 343 Å². The maximum Gasteiger partial charge on any atom is 0.309 e. The van der Waals surface area contributed by atoms with Gasteiger partial charge in [-0.3, -0.25) is 14.4 Å². The van der Waals surface area contributed by atoms with Crippen molar-refractivity contribution in [3.05, 3.63) is 41.1 Å². The molecule has 0 saturated heterocycles. The van der Waals surface area contributed by atoms with Crippen LogP contribution in [0, 0.1) is 62.0 Å². The topological polar surface area (TPSA) is 157 Å². The first kappa shape index (κ1) is 42.6. The maximum absolute atomic E-state index is 14.4. The van der Waals surface area contributed by atoms with Gasteiger partial charge in [-0.05, 0) is 135 Å². The van der Waals surface area contributed by atoms with Crippen molar-refractivity contribution in [3.63, 3.8) is 0 Å². The Morgan fingerprint density at radius 1 is 1.00 bits per heavy atom. The molecule has 2 aromatic heterocycles. The third kappa shape index (κ3) is 6.31. The molecule has 2 heterocycles. The van der Waals surface area contributed by atoms with E-state index in [0.29, 0.717) is 48.7 Å². The number of likely N-dealkylation sites (N-methyl/N-ethyl adjacent to an activating group) is 1. The number of carboxylic acid groups (broad SMARTS) is 1. The first-order valence-electron chi connectivity index (χ1n) is 21.7. The Balaban J connectivity index is 1.22. The van der Waals surface area contributed by atoms with Crippen LogP contribution in [0.25, 0.3) is 11.5 Å². The van der Waals surface area contributed by atoms with Crippen molar-refractivity contribution >= 4 is 17.7 Å². The highest BCUT2D eigenvalue weighted by Crippen LogP contribution is 2.77. The fourth-order valence-electron chi connectivity index (χ4n) is 13.7. The summed E-state index contributed by atoms with van der Waals surface area (Å²) in [6.07, 6.45) is 6.99. The summed E-state index contributed by atoms with van der Waals surface area (Å²) in [4.78, 5) is 43.6. The molecule has 3 N–H and O–H groups in total. The van der Waals surface area contributed by atoms with Gasteiger partial charge in [-0.1, -0.05) is 48.5 Å². The average molecular weight is 804 g/mol. The Morgan fingerprint density at radius 3 is 2.36 bits per heavy atom. The number of halogens is 1. The highest BCUT2D eigenvalue weighted by atomic mass is 19.1. The van der Waals surface area contributed by atoms with Crippen LogP contribution in [-0.2, 0) is 25.7 Å². The second-order valence-corrected chi connectivity index (χ2v) is 21.0. The molecule has 9 atom stereocenters. The Kier molecular flexibility index (Phi) is 10.7. The number of rotatable bonds is 11. The number of hydrogen-bond acceptors (Lipinski definition) is 9. The molecular weight excluding hydrogens is 738 g/mol. The number of allylic oxidation sites excluding steroid dienone is 1. The number of nitrogens with zero attached hydrogens (tertiary/aromatic N) is 4. The predicted octanol–water partition coefficient (Wildman–Crippen LogP) is 8.13. The molecule has 12 heteroatoms. The number of fused-ring (bicyclic) bond motifs is 7. The van der Waals surface area contributed by atoms with Crippen LogP contribution >= 0.6 is 0 Å². The molecule has 0 aliphatic heterocycles. The molecular formula is C46H66FN5O6. The van der Waals surface area contributed by atoms with Crippen LogP contribution in [0.15, 0.2) is 29.5 Å². The van der Waals surface area contributed by atoms with Crippen LogP contribution in [-0.4, -0.2) is 67.4 Å². The number of ether oxygens (including phenoxy) is 1. The van der Waals surface area contributed by atoms with Gasteiger partial charge in [0, 0.05) is 30.3 Å².